The van der Waals surface area contributed by atoms with E-state index >= 15 is 0 Å². The van der Waals surface area contributed by atoms with Crippen molar-refractivity contribution < 1.29 is 17.9 Å². The van der Waals surface area contributed by atoms with Gasteiger partial charge in [-0.1, -0.05) is 35.9 Å². The fourth-order valence-electron chi connectivity index (χ4n) is 2.13. The molecule has 0 saturated heterocycles. The van der Waals surface area contributed by atoms with E-state index < -0.39 is 16.1 Å². The number of aliphatic hydroxyl groups excluding tert-OH is 1. The van der Waals surface area contributed by atoms with Crippen LogP contribution in [-0.4, -0.2) is 20.1 Å². The molecule has 0 saturated carbocycles. The van der Waals surface area contributed by atoms with E-state index in [0.717, 1.165) is 22.7 Å². The van der Waals surface area contributed by atoms with E-state index in [4.69, 9.17) is 16.0 Å². The zero-order chi connectivity index (χ0) is 17.2. The van der Waals surface area contributed by atoms with Gasteiger partial charge >= 0.3 is 0 Å². The van der Waals surface area contributed by atoms with Crippen LogP contribution in [0.25, 0.3) is 11.3 Å². The van der Waals surface area contributed by atoms with E-state index in [1.807, 2.05) is 18.2 Å². The van der Waals surface area contributed by atoms with Gasteiger partial charge in [-0.3, -0.25) is 0 Å². The van der Waals surface area contributed by atoms with Crippen molar-refractivity contribution >= 4 is 33.0 Å². The van der Waals surface area contributed by atoms with Gasteiger partial charge in [0.25, 0.3) is 0 Å². The molecule has 0 spiro atoms. The highest BCUT2D eigenvalue weighted by Crippen LogP contribution is 2.26. The number of nitrogens with one attached hydrogen (secondary N) is 1. The average Bonchev–Trinajstić information content (AvgIpc) is 3.24. The number of thiophene rings is 1. The quantitative estimate of drug-likeness (QED) is 0.680. The summed E-state index contributed by atoms with van der Waals surface area (Å²) in [5.74, 6) is 0.728. The Labute approximate surface area is 148 Å². The number of hydrogen-bond donors (Lipinski definition) is 2. The second kappa shape index (κ2) is 7.08. The van der Waals surface area contributed by atoms with Crippen LogP contribution in [-0.2, 0) is 10.0 Å². The molecule has 0 aliphatic rings. The van der Waals surface area contributed by atoms with Crippen molar-refractivity contribution in [3.63, 3.8) is 0 Å². The Hall–Kier alpha value is -1.64. The molecule has 1 atom stereocenters. The molecule has 0 aliphatic carbocycles. The Morgan fingerprint density at radius 2 is 1.92 bits per heavy atom. The van der Waals surface area contributed by atoms with Crippen LogP contribution >= 0.6 is 22.9 Å². The normalized spacial score (nSPS) is 13.1. The lowest BCUT2D eigenvalue weighted by Gasteiger charge is -2.12. The first-order valence-corrected chi connectivity index (χ1v) is 9.70. The largest absolute Gasteiger partial charge is 0.464 e. The third kappa shape index (κ3) is 3.88. The van der Waals surface area contributed by atoms with Gasteiger partial charge in [0, 0.05) is 12.1 Å². The number of hydrogen-bond acceptors (Lipinski definition) is 5. The molecule has 24 heavy (non-hydrogen) atoms. The minimum absolute atomic E-state index is 0.118. The van der Waals surface area contributed by atoms with E-state index in [0.29, 0.717) is 9.90 Å². The van der Waals surface area contributed by atoms with Gasteiger partial charge < -0.3 is 9.52 Å². The summed E-state index contributed by atoms with van der Waals surface area (Å²) in [5, 5.41) is 10.2. The first kappa shape index (κ1) is 17.2. The molecular weight excluding hydrogens is 370 g/mol. The number of rotatable bonds is 6. The second-order valence-corrected chi connectivity index (χ2v) is 8.73. The second-order valence-electron chi connectivity index (χ2n) is 5.03. The molecule has 0 bridgehead atoms. The molecule has 0 unspecified atom stereocenters. The first-order chi connectivity index (χ1) is 11.5. The van der Waals surface area contributed by atoms with Crippen molar-refractivity contribution in [2.75, 3.05) is 6.54 Å². The van der Waals surface area contributed by atoms with Crippen molar-refractivity contribution in [2.24, 2.45) is 0 Å². The monoisotopic (exact) mass is 383 g/mol. The van der Waals surface area contributed by atoms with Crippen LogP contribution in [0.5, 0.6) is 0 Å². The highest BCUT2D eigenvalue weighted by atomic mass is 35.5. The summed E-state index contributed by atoms with van der Waals surface area (Å²) in [4.78, 5) is 0. The molecule has 3 rings (SSSR count). The van der Waals surface area contributed by atoms with E-state index in [2.05, 4.69) is 4.72 Å². The summed E-state index contributed by atoms with van der Waals surface area (Å²) in [6.07, 6.45) is 0.629. The minimum Gasteiger partial charge on any atom is -0.464 e. The van der Waals surface area contributed by atoms with Gasteiger partial charge in [0.1, 0.15) is 9.97 Å². The van der Waals surface area contributed by atoms with Gasteiger partial charge in [0.05, 0.1) is 16.7 Å². The molecule has 2 N–H and O–H groups in total. The molecule has 0 fully saturated rings. The Kier molecular flexibility index (Phi) is 5.07. The molecule has 3 aromatic rings. The predicted octanol–water partition coefficient (Wildman–Crippen LogP) is 3.67. The van der Waals surface area contributed by atoms with Gasteiger partial charge in [-0.25, -0.2) is 13.1 Å². The fourth-order valence-corrected chi connectivity index (χ4v) is 4.70. The van der Waals surface area contributed by atoms with Crippen molar-refractivity contribution in [1.29, 1.82) is 0 Å². The third-order valence-electron chi connectivity index (χ3n) is 3.38. The SMILES string of the molecule is O=S(=O)(NC[C@H](O)c1ccc(-c2ccco2)cc1)c1ccc(Cl)s1. The predicted molar refractivity (Wildman–Crippen MR) is 93.6 cm³/mol. The molecule has 5 nitrogen and oxygen atoms in total. The van der Waals surface area contributed by atoms with Crippen molar-refractivity contribution in [3.8, 4) is 11.3 Å². The Morgan fingerprint density at radius 3 is 2.50 bits per heavy atom. The molecule has 2 heterocycles. The molecule has 126 valence electrons. The average molecular weight is 384 g/mol. The van der Waals surface area contributed by atoms with Crippen LogP contribution in [0.4, 0.5) is 0 Å². The van der Waals surface area contributed by atoms with E-state index in [-0.39, 0.29) is 10.8 Å². The lowest BCUT2D eigenvalue weighted by atomic mass is 10.1. The maximum Gasteiger partial charge on any atom is 0.250 e. The minimum atomic E-state index is -3.68. The van der Waals surface area contributed by atoms with Crippen LogP contribution in [0.3, 0.4) is 0 Å². The smallest absolute Gasteiger partial charge is 0.250 e. The van der Waals surface area contributed by atoms with E-state index in [9.17, 15) is 13.5 Å². The molecule has 8 heteroatoms. The van der Waals surface area contributed by atoms with E-state index in [1.165, 1.54) is 12.1 Å². The number of halogens is 1. The standard InChI is InChI=1S/C16H14ClNO4S2/c17-15-7-8-16(23-15)24(20,21)18-10-13(19)11-3-5-12(6-4-11)14-2-1-9-22-14/h1-9,13,18-19H,10H2/t13-/m0/s1. The molecule has 1 aromatic carbocycles. The van der Waals surface area contributed by atoms with Crippen LogP contribution < -0.4 is 4.72 Å². The summed E-state index contributed by atoms with van der Waals surface area (Å²) in [7, 11) is -3.68. The van der Waals surface area contributed by atoms with E-state index in [1.54, 1.807) is 24.5 Å². The molecule has 2 aromatic heterocycles. The van der Waals surface area contributed by atoms with Crippen LogP contribution in [0.2, 0.25) is 4.34 Å². The van der Waals surface area contributed by atoms with Crippen molar-refractivity contribution in [1.82, 2.24) is 4.72 Å². The Bertz CT molecular complexity index is 902. The first-order valence-electron chi connectivity index (χ1n) is 7.02. The zero-order valence-corrected chi connectivity index (χ0v) is 14.7. The van der Waals surface area contributed by atoms with Gasteiger partial charge in [0.15, 0.2) is 0 Å². The lowest BCUT2D eigenvalue weighted by molar-refractivity contribution is 0.182. The van der Waals surface area contributed by atoms with Gasteiger partial charge in [-0.05, 0) is 29.8 Å². The molecule has 0 radical (unpaired) electrons. The van der Waals surface area contributed by atoms with Crippen molar-refractivity contribution in [3.05, 3.63) is 64.7 Å². The van der Waals surface area contributed by atoms with Gasteiger partial charge in [0.2, 0.25) is 10.0 Å². The number of aliphatic hydroxyl groups is 1. The highest BCUT2D eigenvalue weighted by molar-refractivity contribution is 7.91. The maximum atomic E-state index is 12.1. The van der Waals surface area contributed by atoms with Gasteiger partial charge in [-0.2, -0.15) is 0 Å². The summed E-state index contributed by atoms with van der Waals surface area (Å²) in [6, 6.07) is 13.7. The molecular formula is C16H14ClNO4S2. The maximum absolute atomic E-state index is 12.1. The zero-order valence-electron chi connectivity index (χ0n) is 12.3. The summed E-state index contributed by atoms with van der Waals surface area (Å²) < 4.78 is 32.4. The number of benzene rings is 1. The summed E-state index contributed by atoms with van der Waals surface area (Å²) in [5.41, 5.74) is 1.49. The summed E-state index contributed by atoms with van der Waals surface area (Å²) in [6.45, 7) is -0.127. The van der Waals surface area contributed by atoms with Crippen molar-refractivity contribution in [2.45, 2.75) is 10.3 Å². The fraction of sp³-hybridized carbons (Fsp3) is 0.125. The number of sulfonamides is 1. The Morgan fingerprint density at radius 1 is 1.17 bits per heavy atom. The topological polar surface area (TPSA) is 79.5 Å². The molecule has 0 aliphatic heterocycles. The lowest BCUT2D eigenvalue weighted by Crippen LogP contribution is -2.28. The number of furan rings is 1. The van der Waals surface area contributed by atoms with Crippen LogP contribution in [0.1, 0.15) is 11.7 Å². The molecule has 0 amide bonds. The summed E-state index contributed by atoms with van der Waals surface area (Å²) >= 11 is 6.72. The van der Waals surface area contributed by atoms with Gasteiger partial charge in [-0.15, -0.1) is 11.3 Å². The Balaban J connectivity index is 1.65. The highest BCUT2D eigenvalue weighted by Gasteiger charge is 2.18. The third-order valence-corrected chi connectivity index (χ3v) is 6.53. The van der Waals surface area contributed by atoms with Crippen LogP contribution in [0, 0.1) is 0 Å². The van der Waals surface area contributed by atoms with Crippen LogP contribution in [0.15, 0.2) is 63.4 Å².